The highest BCUT2D eigenvalue weighted by molar-refractivity contribution is 5.81. The van der Waals surface area contributed by atoms with Crippen molar-refractivity contribution in [1.82, 2.24) is 10.2 Å². The van der Waals surface area contributed by atoms with Crippen LogP contribution < -0.4 is 5.32 Å². The van der Waals surface area contributed by atoms with Crippen molar-refractivity contribution in [2.75, 3.05) is 19.6 Å². The van der Waals surface area contributed by atoms with Crippen molar-refractivity contribution in [3.63, 3.8) is 0 Å². The SMILES string of the molecule is CCCNC(=O)C1CCN(C(=O)Cc2ccc3c(c2)CCC3)CC1. The molecule has 1 aliphatic carbocycles. The monoisotopic (exact) mass is 328 g/mol. The van der Waals surface area contributed by atoms with Gasteiger partial charge in [0.05, 0.1) is 6.42 Å². The maximum atomic E-state index is 12.5. The first kappa shape index (κ1) is 17.0. The molecular weight excluding hydrogens is 300 g/mol. The van der Waals surface area contributed by atoms with Gasteiger partial charge >= 0.3 is 0 Å². The molecule has 3 rings (SSSR count). The molecule has 0 bridgehead atoms. The zero-order chi connectivity index (χ0) is 16.9. The third kappa shape index (κ3) is 3.97. The summed E-state index contributed by atoms with van der Waals surface area (Å²) in [6.45, 7) is 4.21. The van der Waals surface area contributed by atoms with Gasteiger partial charge in [-0.05, 0) is 55.2 Å². The number of likely N-dealkylation sites (tertiary alicyclic amines) is 1. The van der Waals surface area contributed by atoms with Crippen molar-refractivity contribution in [2.24, 2.45) is 5.92 Å². The van der Waals surface area contributed by atoms with Crippen LogP contribution in [0.1, 0.15) is 49.3 Å². The standard InChI is InChI=1S/C20H28N2O2/c1-2-10-21-20(24)17-8-11-22(12-9-17)19(23)14-15-6-7-16-4-3-5-18(16)13-15/h6-7,13,17H,2-5,8-12,14H2,1H3,(H,21,24). The average Bonchev–Trinajstić information content (AvgIpc) is 3.07. The predicted octanol–water partition coefficient (Wildman–Crippen LogP) is 2.48. The van der Waals surface area contributed by atoms with Gasteiger partial charge in [0.25, 0.3) is 0 Å². The molecule has 4 heteroatoms. The molecule has 0 radical (unpaired) electrons. The Bertz CT molecular complexity index is 604. The number of hydrogen-bond acceptors (Lipinski definition) is 2. The summed E-state index contributed by atoms with van der Waals surface area (Å²) in [5.74, 6) is 0.420. The lowest BCUT2D eigenvalue weighted by Crippen LogP contribution is -2.43. The summed E-state index contributed by atoms with van der Waals surface area (Å²) in [6, 6.07) is 6.51. The molecular formula is C20H28N2O2. The number of hydrogen-bond donors (Lipinski definition) is 1. The summed E-state index contributed by atoms with van der Waals surface area (Å²) in [4.78, 5) is 26.5. The minimum absolute atomic E-state index is 0.0700. The maximum absolute atomic E-state index is 12.5. The van der Waals surface area contributed by atoms with Crippen LogP contribution in [0.15, 0.2) is 18.2 Å². The summed E-state index contributed by atoms with van der Waals surface area (Å²) >= 11 is 0. The smallest absolute Gasteiger partial charge is 0.226 e. The van der Waals surface area contributed by atoms with E-state index in [0.717, 1.165) is 37.8 Å². The Balaban J connectivity index is 1.49. The lowest BCUT2D eigenvalue weighted by Gasteiger charge is -2.31. The zero-order valence-electron chi connectivity index (χ0n) is 14.6. The van der Waals surface area contributed by atoms with Crippen molar-refractivity contribution >= 4 is 11.8 Å². The molecule has 0 unspecified atom stereocenters. The number of carbonyl (C=O) groups is 2. The van der Waals surface area contributed by atoms with Gasteiger partial charge in [0.1, 0.15) is 0 Å². The van der Waals surface area contributed by atoms with Gasteiger partial charge in [-0.1, -0.05) is 25.1 Å². The Hall–Kier alpha value is -1.84. The minimum Gasteiger partial charge on any atom is -0.356 e. The molecule has 130 valence electrons. The molecule has 0 spiro atoms. The van der Waals surface area contributed by atoms with Gasteiger partial charge in [-0.2, -0.15) is 0 Å². The van der Waals surface area contributed by atoms with Gasteiger partial charge in [-0.3, -0.25) is 9.59 Å². The van der Waals surface area contributed by atoms with Gasteiger partial charge in [0.15, 0.2) is 0 Å². The van der Waals surface area contributed by atoms with Crippen LogP contribution in [-0.4, -0.2) is 36.3 Å². The molecule has 1 aromatic rings. The van der Waals surface area contributed by atoms with E-state index in [4.69, 9.17) is 0 Å². The average molecular weight is 328 g/mol. The zero-order valence-corrected chi connectivity index (χ0v) is 14.6. The van der Waals surface area contributed by atoms with Crippen LogP contribution in [0.5, 0.6) is 0 Å². The summed E-state index contributed by atoms with van der Waals surface area (Å²) < 4.78 is 0. The van der Waals surface area contributed by atoms with Crippen LogP contribution in [0.4, 0.5) is 0 Å². The van der Waals surface area contributed by atoms with Gasteiger partial charge in [0, 0.05) is 25.6 Å². The highest BCUT2D eigenvalue weighted by Gasteiger charge is 2.27. The number of fused-ring (bicyclic) bond motifs is 1. The molecule has 2 amide bonds. The quantitative estimate of drug-likeness (QED) is 0.903. The lowest BCUT2D eigenvalue weighted by molar-refractivity contribution is -0.135. The Morgan fingerprint density at radius 2 is 1.92 bits per heavy atom. The second-order valence-electron chi connectivity index (χ2n) is 7.08. The van der Waals surface area contributed by atoms with Crippen LogP contribution in [0, 0.1) is 5.92 Å². The largest absolute Gasteiger partial charge is 0.356 e. The molecule has 0 saturated carbocycles. The first-order chi connectivity index (χ1) is 11.7. The van der Waals surface area contributed by atoms with Crippen LogP contribution >= 0.6 is 0 Å². The third-order valence-electron chi connectivity index (χ3n) is 5.29. The number of nitrogens with zero attached hydrogens (tertiary/aromatic N) is 1. The number of nitrogens with one attached hydrogen (secondary N) is 1. The molecule has 0 aromatic heterocycles. The lowest BCUT2D eigenvalue weighted by atomic mass is 9.95. The molecule has 1 saturated heterocycles. The Morgan fingerprint density at radius 1 is 1.17 bits per heavy atom. The summed E-state index contributed by atoms with van der Waals surface area (Å²) in [6.07, 6.45) is 6.58. The van der Waals surface area contributed by atoms with Crippen LogP contribution in [0.25, 0.3) is 0 Å². The van der Waals surface area contributed by atoms with E-state index in [1.807, 2.05) is 4.90 Å². The first-order valence-corrected chi connectivity index (χ1v) is 9.33. The topological polar surface area (TPSA) is 49.4 Å². The number of amides is 2. The van der Waals surface area contributed by atoms with Gasteiger partial charge < -0.3 is 10.2 Å². The molecule has 0 atom stereocenters. The van der Waals surface area contributed by atoms with Crippen LogP contribution in [-0.2, 0) is 28.9 Å². The molecule has 1 heterocycles. The van der Waals surface area contributed by atoms with Gasteiger partial charge in [-0.25, -0.2) is 0 Å². The Kier molecular flexibility index (Phi) is 5.54. The third-order valence-corrected chi connectivity index (χ3v) is 5.29. The molecule has 1 aliphatic heterocycles. The van der Waals surface area contributed by atoms with E-state index in [1.54, 1.807) is 0 Å². The van der Waals surface area contributed by atoms with Gasteiger partial charge in [-0.15, -0.1) is 0 Å². The van der Waals surface area contributed by atoms with E-state index in [9.17, 15) is 9.59 Å². The summed E-state index contributed by atoms with van der Waals surface area (Å²) in [7, 11) is 0. The van der Waals surface area contributed by atoms with E-state index in [2.05, 4.69) is 30.4 Å². The van der Waals surface area contributed by atoms with Crippen LogP contribution in [0.3, 0.4) is 0 Å². The first-order valence-electron chi connectivity index (χ1n) is 9.33. The Morgan fingerprint density at radius 3 is 2.67 bits per heavy atom. The van der Waals surface area contributed by atoms with E-state index in [1.165, 1.54) is 24.0 Å². The molecule has 1 fully saturated rings. The fourth-order valence-electron chi connectivity index (χ4n) is 3.81. The van der Waals surface area contributed by atoms with Crippen molar-refractivity contribution in [2.45, 2.75) is 51.9 Å². The van der Waals surface area contributed by atoms with Crippen LogP contribution in [0.2, 0.25) is 0 Å². The van der Waals surface area contributed by atoms with Crippen molar-refractivity contribution in [3.05, 3.63) is 34.9 Å². The second kappa shape index (κ2) is 7.82. The van der Waals surface area contributed by atoms with E-state index in [-0.39, 0.29) is 17.7 Å². The predicted molar refractivity (Wildman–Crippen MR) is 94.8 cm³/mol. The summed E-state index contributed by atoms with van der Waals surface area (Å²) in [5, 5.41) is 2.97. The fraction of sp³-hybridized carbons (Fsp3) is 0.600. The number of piperidine rings is 1. The molecule has 1 aromatic carbocycles. The highest BCUT2D eigenvalue weighted by atomic mass is 16.2. The van der Waals surface area contributed by atoms with Gasteiger partial charge in [0.2, 0.25) is 11.8 Å². The normalized spacial score (nSPS) is 17.6. The van der Waals surface area contributed by atoms with E-state index in [0.29, 0.717) is 19.5 Å². The van der Waals surface area contributed by atoms with Crippen molar-refractivity contribution in [1.29, 1.82) is 0 Å². The molecule has 1 N–H and O–H groups in total. The van der Waals surface area contributed by atoms with Crippen molar-refractivity contribution in [3.8, 4) is 0 Å². The molecule has 2 aliphatic rings. The van der Waals surface area contributed by atoms with Crippen molar-refractivity contribution < 1.29 is 9.59 Å². The van der Waals surface area contributed by atoms with E-state index >= 15 is 0 Å². The number of carbonyl (C=O) groups excluding carboxylic acids is 2. The minimum atomic E-state index is 0.0700. The Labute approximate surface area is 144 Å². The number of benzene rings is 1. The van der Waals surface area contributed by atoms with E-state index < -0.39 is 0 Å². The second-order valence-corrected chi connectivity index (χ2v) is 7.08. The highest BCUT2D eigenvalue weighted by Crippen LogP contribution is 2.24. The molecule has 24 heavy (non-hydrogen) atoms. The number of aryl methyl sites for hydroxylation is 2. The summed E-state index contributed by atoms with van der Waals surface area (Å²) in [5.41, 5.74) is 4.00. The fourth-order valence-corrected chi connectivity index (χ4v) is 3.81. The number of rotatable bonds is 5. The molecule has 4 nitrogen and oxygen atoms in total. The maximum Gasteiger partial charge on any atom is 0.226 e.